The van der Waals surface area contributed by atoms with Crippen molar-refractivity contribution in [1.82, 2.24) is 33.8 Å². The predicted molar refractivity (Wildman–Crippen MR) is 126 cm³/mol. The monoisotopic (exact) mass is 464 g/mol. The number of piperidine rings is 1. The number of nitrogens with two attached hydrogens (primary N) is 1. The quantitative estimate of drug-likeness (QED) is 0.465. The summed E-state index contributed by atoms with van der Waals surface area (Å²) in [5, 5.41) is 9.83. The highest BCUT2D eigenvalue weighted by atomic mass is 16.7. The molecule has 2 aliphatic rings. The lowest BCUT2D eigenvalue weighted by Crippen LogP contribution is -2.45. The summed E-state index contributed by atoms with van der Waals surface area (Å²) in [5.41, 5.74) is 9.13. The van der Waals surface area contributed by atoms with Crippen LogP contribution in [0.5, 0.6) is 0 Å². The molecule has 2 saturated heterocycles. The molecule has 2 aliphatic heterocycles. The standard InChI is InChI=1S/C23H28N8O3/c1-16-3-2-4-17(13-16)15-30-22(32)31-20(27-30)18-14-25-29(19(18)26-21(31)24)10-9-28-7-5-23(6-8-28)33-11-12-34-23/h2-4,13-14H,5-12,15H2,1H3,(H2,24,26). The molecule has 2 N–H and O–H groups in total. The normalized spacial score (nSPS) is 18.5. The third-order valence-electron chi connectivity index (χ3n) is 6.82. The van der Waals surface area contributed by atoms with Crippen molar-refractivity contribution in [3.63, 3.8) is 0 Å². The number of anilines is 1. The third-order valence-corrected chi connectivity index (χ3v) is 6.82. The summed E-state index contributed by atoms with van der Waals surface area (Å²) in [4.78, 5) is 19.9. The Morgan fingerprint density at radius 1 is 1.09 bits per heavy atom. The molecule has 1 spiro atoms. The Labute approximate surface area is 195 Å². The smallest absolute Gasteiger partial charge is 0.353 e. The van der Waals surface area contributed by atoms with Crippen LogP contribution in [0.25, 0.3) is 16.7 Å². The van der Waals surface area contributed by atoms with Crippen LogP contribution >= 0.6 is 0 Å². The zero-order valence-corrected chi connectivity index (χ0v) is 19.2. The second-order valence-corrected chi connectivity index (χ2v) is 9.11. The van der Waals surface area contributed by atoms with Gasteiger partial charge in [0.15, 0.2) is 17.1 Å². The average molecular weight is 465 g/mol. The summed E-state index contributed by atoms with van der Waals surface area (Å²) < 4.78 is 16.3. The zero-order chi connectivity index (χ0) is 23.3. The largest absolute Gasteiger partial charge is 0.369 e. The van der Waals surface area contributed by atoms with Gasteiger partial charge in [-0.15, -0.1) is 5.10 Å². The highest BCUT2D eigenvalue weighted by Gasteiger charge is 2.39. The van der Waals surface area contributed by atoms with Crippen LogP contribution in [-0.4, -0.2) is 72.5 Å². The summed E-state index contributed by atoms with van der Waals surface area (Å²) in [5.74, 6) is -0.263. The fourth-order valence-corrected chi connectivity index (χ4v) is 4.99. The Balaban J connectivity index is 1.24. The van der Waals surface area contributed by atoms with Crippen LogP contribution in [0.4, 0.5) is 5.95 Å². The summed E-state index contributed by atoms with van der Waals surface area (Å²) in [6.45, 7) is 7.07. The first-order chi connectivity index (χ1) is 16.5. The fraction of sp³-hybridized carbons (Fsp3) is 0.478. The van der Waals surface area contributed by atoms with Gasteiger partial charge >= 0.3 is 5.69 Å². The van der Waals surface area contributed by atoms with Gasteiger partial charge in [-0.05, 0) is 12.5 Å². The lowest BCUT2D eigenvalue weighted by molar-refractivity contribution is -0.185. The molecule has 11 heteroatoms. The molecule has 0 amide bonds. The molecule has 178 valence electrons. The van der Waals surface area contributed by atoms with E-state index >= 15 is 0 Å². The summed E-state index contributed by atoms with van der Waals surface area (Å²) in [6, 6.07) is 8.01. The van der Waals surface area contributed by atoms with E-state index in [-0.39, 0.29) is 17.4 Å². The van der Waals surface area contributed by atoms with Crippen molar-refractivity contribution in [1.29, 1.82) is 0 Å². The maximum Gasteiger partial charge on any atom is 0.353 e. The van der Waals surface area contributed by atoms with Crippen LogP contribution < -0.4 is 11.4 Å². The number of benzene rings is 1. The van der Waals surface area contributed by atoms with E-state index < -0.39 is 0 Å². The van der Waals surface area contributed by atoms with Gasteiger partial charge in [0.05, 0.1) is 37.9 Å². The number of hydrogen-bond acceptors (Lipinski definition) is 8. The lowest BCUT2D eigenvalue weighted by atomic mass is 10.0. The molecule has 0 unspecified atom stereocenters. The minimum Gasteiger partial charge on any atom is -0.369 e. The van der Waals surface area contributed by atoms with E-state index in [1.807, 2.05) is 35.9 Å². The molecule has 0 atom stereocenters. The van der Waals surface area contributed by atoms with Gasteiger partial charge in [-0.1, -0.05) is 29.8 Å². The molecule has 0 saturated carbocycles. The highest BCUT2D eigenvalue weighted by Crippen LogP contribution is 2.31. The maximum atomic E-state index is 13.0. The van der Waals surface area contributed by atoms with E-state index in [2.05, 4.69) is 20.1 Å². The van der Waals surface area contributed by atoms with Gasteiger partial charge in [0.1, 0.15) is 0 Å². The number of aromatic nitrogens is 6. The van der Waals surface area contributed by atoms with Gasteiger partial charge in [0.25, 0.3) is 0 Å². The second kappa shape index (κ2) is 8.19. The summed E-state index contributed by atoms with van der Waals surface area (Å²) >= 11 is 0. The number of rotatable bonds is 5. The topological polar surface area (TPSA) is 118 Å². The van der Waals surface area contributed by atoms with Gasteiger partial charge in [-0.25, -0.2) is 18.6 Å². The van der Waals surface area contributed by atoms with Gasteiger partial charge in [0.2, 0.25) is 5.95 Å². The van der Waals surface area contributed by atoms with Crippen molar-refractivity contribution in [2.45, 2.75) is 38.6 Å². The molecule has 5 heterocycles. The summed E-state index contributed by atoms with van der Waals surface area (Å²) in [6.07, 6.45) is 3.46. The molecular weight excluding hydrogens is 436 g/mol. The van der Waals surface area contributed by atoms with Crippen LogP contribution in [0.1, 0.15) is 24.0 Å². The molecule has 0 aliphatic carbocycles. The average Bonchev–Trinajstić information content (AvgIpc) is 3.53. The van der Waals surface area contributed by atoms with Crippen LogP contribution in [0, 0.1) is 6.92 Å². The van der Waals surface area contributed by atoms with Crippen molar-refractivity contribution in [2.24, 2.45) is 0 Å². The van der Waals surface area contributed by atoms with Crippen molar-refractivity contribution in [2.75, 3.05) is 38.6 Å². The first-order valence-corrected chi connectivity index (χ1v) is 11.7. The van der Waals surface area contributed by atoms with E-state index in [0.29, 0.717) is 43.0 Å². The molecule has 4 aromatic rings. The van der Waals surface area contributed by atoms with Crippen molar-refractivity contribution in [3.8, 4) is 0 Å². The first kappa shape index (κ1) is 21.3. The Bertz CT molecular complexity index is 1410. The van der Waals surface area contributed by atoms with Crippen molar-refractivity contribution in [3.05, 3.63) is 52.1 Å². The number of fused-ring (bicyclic) bond motifs is 3. The minimum atomic E-state index is -0.374. The molecule has 3 aromatic heterocycles. The number of aryl methyl sites for hydroxylation is 1. The Kier molecular flexibility index (Phi) is 5.12. The SMILES string of the molecule is Cc1cccc(Cn2nc3c4cnn(CCN5CCC6(CC5)OCCO6)c4nc(N)n3c2=O)c1. The maximum absolute atomic E-state index is 13.0. The van der Waals surface area contributed by atoms with Gasteiger partial charge in [0, 0.05) is 32.5 Å². The van der Waals surface area contributed by atoms with Crippen molar-refractivity contribution < 1.29 is 9.47 Å². The molecule has 1 aromatic carbocycles. The van der Waals surface area contributed by atoms with Crippen molar-refractivity contribution >= 4 is 22.6 Å². The Morgan fingerprint density at radius 2 is 1.88 bits per heavy atom. The second-order valence-electron chi connectivity index (χ2n) is 9.11. The van der Waals surface area contributed by atoms with E-state index in [1.54, 1.807) is 6.20 Å². The number of nitrogens with zero attached hydrogens (tertiary/aromatic N) is 7. The minimum absolute atomic E-state index is 0.111. The lowest BCUT2D eigenvalue weighted by Gasteiger charge is -2.37. The fourth-order valence-electron chi connectivity index (χ4n) is 4.99. The number of nitrogen functional groups attached to an aromatic ring is 1. The number of ether oxygens (including phenoxy) is 2. The van der Waals surface area contributed by atoms with Gasteiger partial charge < -0.3 is 20.1 Å². The van der Waals surface area contributed by atoms with Crippen LogP contribution in [0.2, 0.25) is 0 Å². The van der Waals surface area contributed by atoms with Crippen LogP contribution in [0.15, 0.2) is 35.3 Å². The summed E-state index contributed by atoms with van der Waals surface area (Å²) in [7, 11) is 0. The Hall–Kier alpha value is -3.28. The number of hydrogen-bond donors (Lipinski definition) is 1. The van der Waals surface area contributed by atoms with E-state index in [4.69, 9.17) is 15.2 Å². The predicted octanol–water partition coefficient (Wildman–Crippen LogP) is 1.02. The zero-order valence-electron chi connectivity index (χ0n) is 19.2. The number of likely N-dealkylation sites (tertiary alicyclic amines) is 1. The first-order valence-electron chi connectivity index (χ1n) is 11.7. The van der Waals surface area contributed by atoms with Crippen LogP contribution in [-0.2, 0) is 22.6 Å². The van der Waals surface area contributed by atoms with E-state index in [1.165, 1.54) is 9.08 Å². The highest BCUT2D eigenvalue weighted by molar-refractivity contribution is 5.89. The molecule has 6 rings (SSSR count). The molecule has 11 nitrogen and oxygen atoms in total. The van der Waals surface area contributed by atoms with E-state index in [9.17, 15) is 4.79 Å². The molecule has 0 bridgehead atoms. The molecule has 34 heavy (non-hydrogen) atoms. The molecule has 0 radical (unpaired) electrons. The van der Waals surface area contributed by atoms with Gasteiger partial charge in [-0.3, -0.25) is 0 Å². The molecular formula is C23H28N8O3. The van der Waals surface area contributed by atoms with Gasteiger partial charge in [-0.2, -0.15) is 10.1 Å². The molecule has 2 fully saturated rings. The Morgan fingerprint density at radius 3 is 2.65 bits per heavy atom. The third kappa shape index (κ3) is 3.65. The van der Waals surface area contributed by atoms with E-state index in [0.717, 1.165) is 43.6 Å². The van der Waals surface area contributed by atoms with Crippen LogP contribution in [0.3, 0.4) is 0 Å².